The molecule has 0 heterocycles. The largest absolute Gasteiger partial charge is 0.462 e. The maximum Gasteiger partial charge on any atom is 0.306 e. The van der Waals surface area contributed by atoms with Crippen LogP contribution in [-0.4, -0.2) is 37.2 Å². The predicted octanol–water partition coefficient (Wildman–Crippen LogP) is 19.3. The van der Waals surface area contributed by atoms with Crippen LogP contribution >= 0.6 is 0 Å². The Morgan fingerprint density at radius 3 is 0.877 bits per heavy atom. The van der Waals surface area contributed by atoms with E-state index in [1.54, 1.807) is 0 Å². The summed E-state index contributed by atoms with van der Waals surface area (Å²) in [6.07, 6.45) is 55.3. The van der Waals surface area contributed by atoms with Crippen molar-refractivity contribution in [2.24, 2.45) is 11.8 Å². The third kappa shape index (κ3) is 51.6. The summed E-state index contributed by atoms with van der Waals surface area (Å²) in [5.74, 6) is 0.834. The molecule has 0 amide bonds. The van der Waals surface area contributed by atoms with E-state index in [-0.39, 0.29) is 31.1 Å². The van der Waals surface area contributed by atoms with Gasteiger partial charge in [0.1, 0.15) is 13.2 Å². The monoisotopic (exact) mass is 919 g/mol. The van der Waals surface area contributed by atoms with Crippen LogP contribution in [0.15, 0.2) is 0 Å². The van der Waals surface area contributed by atoms with E-state index in [1.165, 1.54) is 218 Å². The van der Waals surface area contributed by atoms with Gasteiger partial charge >= 0.3 is 17.9 Å². The van der Waals surface area contributed by atoms with Crippen molar-refractivity contribution in [3.05, 3.63) is 0 Å². The number of rotatable bonds is 53. The number of esters is 3. The summed E-state index contributed by atoms with van der Waals surface area (Å²) in [5, 5.41) is 0. The molecule has 0 saturated heterocycles. The molecule has 0 aliphatic rings. The predicted molar refractivity (Wildman–Crippen MR) is 280 cm³/mol. The molecule has 0 rings (SSSR count). The average molecular weight is 920 g/mol. The van der Waals surface area contributed by atoms with E-state index in [4.69, 9.17) is 14.2 Å². The Morgan fingerprint density at radius 1 is 0.323 bits per heavy atom. The van der Waals surface area contributed by atoms with Gasteiger partial charge in [-0.05, 0) is 31.1 Å². The summed E-state index contributed by atoms with van der Waals surface area (Å²) in [4.78, 5) is 38.1. The van der Waals surface area contributed by atoms with E-state index in [1.807, 2.05) is 0 Å². The number of unbranched alkanes of at least 4 members (excludes halogenated alkanes) is 37. The van der Waals surface area contributed by atoms with Crippen LogP contribution in [0.3, 0.4) is 0 Å². The van der Waals surface area contributed by atoms with E-state index < -0.39 is 6.10 Å². The summed E-state index contributed by atoms with van der Waals surface area (Å²) in [7, 11) is 0. The van der Waals surface area contributed by atoms with Gasteiger partial charge in [-0.3, -0.25) is 14.4 Å². The standard InChI is InChI=1S/C59H114O6/c1-6-8-9-10-11-12-13-14-15-16-17-18-19-24-27-30-35-41-46-51-59(62)65-56(53-64-58(61)50-45-40-36-31-32-37-42-47-54(3)4)52-63-57(60)49-44-39-34-29-26-23-21-20-22-25-28-33-38-43-48-55(5)7-2/h54-56H,6-53H2,1-5H3/t55?,56-/m1/s1. The van der Waals surface area contributed by atoms with Gasteiger partial charge in [0.15, 0.2) is 6.10 Å². The smallest absolute Gasteiger partial charge is 0.306 e. The van der Waals surface area contributed by atoms with E-state index in [9.17, 15) is 14.4 Å². The fourth-order valence-corrected chi connectivity index (χ4v) is 9.02. The molecule has 386 valence electrons. The lowest BCUT2D eigenvalue weighted by Crippen LogP contribution is -2.30. The molecule has 0 aromatic rings. The molecule has 0 spiro atoms. The van der Waals surface area contributed by atoms with Gasteiger partial charge in [-0.2, -0.15) is 0 Å². The van der Waals surface area contributed by atoms with Crippen LogP contribution in [-0.2, 0) is 28.6 Å². The number of hydrogen-bond donors (Lipinski definition) is 0. The fourth-order valence-electron chi connectivity index (χ4n) is 9.02. The highest BCUT2D eigenvalue weighted by Gasteiger charge is 2.19. The average Bonchev–Trinajstić information content (AvgIpc) is 3.29. The van der Waals surface area contributed by atoms with Crippen LogP contribution < -0.4 is 0 Å². The summed E-state index contributed by atoms with van der Waals surface area (Å²) < 4.78 is 16.9. The van der Waals surface area contributed by atoms with Crippen molar-refractivity contribution in [2.75, 3.05) is 13.2 Å². The Labute approximate surface area is 406 Å². The fraction of sp³-hybridized carbons (Fsp3) is 0.949. The number of carbonyl (C=O) groups is 3. The Balaban J connectivity index is 4.24. The van der Waals surface area contributed by atoms with Crippen molar-refractivity contribution < 1.29 is 28.6 Å². The van der Waals surface area contributed by atoms with Crippen molar-refractivity contribution in [2.45, 2.75) is 336 Å². The minimum atomic E-state index is -0.763. The molecule has 0 radical (unpaired) electrons. The van der Waals surface area contributed by atoms with E-state index in [2.05, 4.69) is 34.6 Å². The van der Waals surface area contributed by atoms with Crippen molar-refractivity contribution in [3.8, 4) is 0 Å². The van der Waals surface area contributed by atoms with Crippen LogP contribution in [0.4, 0.5) is 0 Å². The van der Waals surface area contributed by atoms with Gasteiger partial charge in [-0.1, -0.05) is 291 Å². The first-order valence-electron chi connectivity index (χ1n) is 29.3. The van der Waals surface area contributed by atoms with Gasteiger partial charge in [-0.15, -0.1) is 0 Å². The molecule has 0 aromatic heterocycles. The molecule has 2 atom stereocenters. The Morgan fingerprint density at radius 2 is 0.585 bits per heavy atom. The van der Waals surface area contributed by atoms with Gasteiger partial charge in [-0.25, -0.2) is 0 Å². The number of ether oxygens (including phenoxy) is 3. The SMILES string of the molecule is CCCCCCCCCCCCCCCCCCCCCC(=O)O[C@H](COC(=O)CCCCCCCCCCCCCCCCC(C)CC)COC(=O)CCCCCCCCCC(C)C. The van der Waals surface area contributed by atoms with Crippen LogP contribution in [0.1, 0.15) is 330 Å². The molecule has 0 fully saturated rings. The Kier molecular flexibility index (Phi) is 50.5. The van der Waals surface area contributed by atoms with E-state index in [0.717, 1.165) is 69.6 Å². The maximum absolute atomic E-state index is 12.8. The van der Waals surface area contributed by atoms with Crippen molar-refractivity contribution in [3.63, 3.8) is 0 Å². The highest BCUT2D eigenvalue weighted by molar-refractivity contribution is 5.71. The summed E-state index contributed by atoms with van der Waals surface area (Å²) in [6, 6.07) is 0. The summed E-state index contributed by atoms with van der Waals surface area (Å²) >= 11 is 0. The zero-order valence-corrected chi connectivity index (χ0v) is 44.6. The van der Waals surface area contributed by atoms with Crippen LogP contribution in [0.2, 0.25) is 0 Å². The Bertz CT molecular complexity index is 995. The zero-order chi connectivity index (χ0) is 47.5. The molecular formula is C59H114O6. The first-order valence-corrected chi connectivity index (χ1v) is 29.3. The molecule has 6 heteroatoms. The third-order valence-corrected chi connectivity index (χ3v) is 13.8. The van der Waals surface area contributed by atoms with Gasteiger partial charge in [0.2, 0.25) is 0 Å². The first kappa shape index (κ1) is 63.4. The normalized spacial score (nSPS) is 12.5. The van der Waals surface area contributed by atoms with E-state index in [0.29, 0.717) is 19.3 Å². The molecule has 6 nitrogen and oxygen atoms in total. The van der Waals surface area contributed by atoms with Crippen molar-refractivity contribution in [1.29, 1.82) is 0 Å². The van der Waals surface area contributed by atoms with Crippen molar-refractivity contribution in [1.82, 2.24) is 0 Å². The lowest BCUT2D eigenvalue weighted by Gasteiger charge is -2.18. The second kappa shape index (κ2) is 51.8. The minimum Gasteiger partial charge on any atom is -0.462 e. The van der Waals surface area contributed by atoms with Crippen LogP contribution in [0.5, 0.6) is 0 Å². The third-order valence-electron chi connectivity index (χ3n) is 13.8. The highest BCUT2D eigenvalue weighted by atomic mass is 16.6. The molecule has 0 aliphatic heterocycles. The molecule has 65 heavy (non-hydrogen) atoms. The molecule has 0 bridgehead atoms. The lowest BCUT2D eigenvalue weighted by atomic mass is 9.99. The van der Waals surface area contributed by atoms with Gasteiger partial charge in [0, 0.05) is 19.3 Å². The zero-order valence-electron chi connectivity index (χ0n) is 44.6. The number of carbonyl (C=O) groups excluding carboxylic acids is 3. The maximum atomic E-state index is 12.8. The van der Waals surface area contributed by atoms with Crippen molar-refractivity contribution >= 4 is 17.9 Å². The van der Waals surface area contributed by atoms with Gasteiger partial charge < -0.3 is 14.2 Å². The topological polar surface area (TPSA) is 78.9 Å². The molecule has 0 aromatic carbocycles. The summed E-state index contributed by atoms with van der Waals surface area (Å²) in [6.45, 7) is 11.4. The molecular weight excluding hydrogens is 805 g/mol. The highest BCUT2D eigenvalue weighted by Crippen LogP contribution is 2.19. The van der Waals surface area contributed by atoms with Crippen LogP contribution in [0.25, 0.3) is 0 Å². The quantitative estimate of drug-likeness (QED) is 0.0344. The molecule has 0 aliphatic carbocycles. The summed E-state index contributed by atoms with van der Waals surface area (Å²) in [5.41, 5.74) is 0. The van der Waals surface area contributed by atoms with E-state index >= 15 is 0 Å². The lowest BCUT2D eigenvalue weighted by molar-refractivity contribution is -0.167. The molecule has 1 unspecified atom stereocenters. The van der Waals surface area contributed by atoms with Gasteiger partial charge in [0.25, 0.3) is 0 Å². The second-order valence-electron chi connectivity index (χ2n) is 21.0. The Hall–Kier alpha value is -1.59. The van der Waals surface area contributed by atoms with Crippen LogP contribution in [0, 0.1) is 11.8 Å². The minimum absolute atomic E-state index is 0.0634. The molecule has 0 saturated carbocycles. The molecule has 0 N–H and O–H groups in total. The first-order chi connectivity index (χ1) is 31.8. The second-order valence-corrected chi connectivity index (χ2v) is 21.0. The van der Waals surface area contributed by atoms with Gasteiger partial charge in [0.05, 0.1) is 0 Å². The number of hydrogen-bond acceptors (Lipinski definition) is 6.